The molecule has 5 heteroatoms. The van der Waals surface area contributed by atoms with Gasteiger partial charge >= 0.3 is 0 Å². The highest BCUT2D eigenvalue weighted by Gasteiger charge is 2.06. The molecule has 0 bridgehead atoms. The molecule has 0 N–H and O–H groups in total. The predicted molar refractivity (Wildman–Crippen MR) is 63.1 cm³/mol. The number of benzene rings is 1. The van der Waals surface area contributed by atoms with Gasteiger partial charge in [0, 0.05) is 11.6 Å². The second-order valence-electron chi connectivity index (χ2n) is 3.04. The van der Waals surface area contributed by atoms with Gasteiger partial charge in [-0.15, -0.1) is 0 Å². The fraction of sp³-hybridized carbons (Fsp3) is 0.100. The summed E-state index contributed by atoms with van der Waals surface area (Å²) < 4.78 is 16.6. The number of halogens is 3. The largest absolute Gasteiger partial charge is 0.253 e. The predicted octanol–water partition coefficient (Wildman–Crippen LogP) is 3.60. The molecule has 0 saturated heterocycles. The Morgan fingerprint density at radius 3 is 2.60 bits per heavy atom. The van der Waals surface area contributed by atoms with Crippen LogP contribution in [0, 0.1) is 5.82 Å². The van der Waals surface area contributed by atoms with Crippen LogP contribution in [0.2, 0.25) is 0 Å². The molecule has 0 amide bonds. The normalized spacial score (nSPS) is 10.6. The van der Waals surface area contributed by atoms with Crippen molar-refractivity contribution in [1.29, 1.82) is 0 Å². The van der Waals surface area contributed by atoms with E-state index in [9.17, 15) is 4.39 Å². The molecule has 0 spiro atoms. The van der Waals surface area contributed by atoms with Gasteiger partial charge in [-0.1, -0.05) is 18.2 Å². The van der Waals surface area contributed by atoms with Gasteiger partial charge in [-0.3, -0.25) is 4.68 Å². The van der Waals surface area contributed by atoms with Gasteiger partial charge < -0.3 is 0 Å². The zero-order valence-corrected chi connectivity index (χ0v) is 10.8. The Kier molecular flexibility index (Phi) is 3.21. The molecular formula is C10H7Br2FN2. The highest BCUT2D eigenvalue weighted by Crippen LogP contribution is 2.18. The molecule has 2 nitrogen and oxygen atoms in total. The maximum Gasteiger partial charge on any atom is 0.129 e. The van der Waals surface area contributed by atoms with Gasteiger partial charge in [-0.25, -0.2) is 4.39 Å². The molecule has 0 aliphatic rings. The summed E-state index contributed by atoms with van der Waals surface area (Å²) in [7, 11) is 0. The van der Waals surface area contributed by atoms with Gasteiger partial charge in [0.25, 0.3) is 0 Å². The average Bonchev–Trinajstić information content (AvgIpc) is 2.49. The number of aromatic nitrogens is 2. The van der Waals surface area contributed by atoms with Crippen LogP contribution >= 0.6 is 31.9 Å². The summed E-state index contributed by atoms with van der Waals surface area (Å²) in [5.74, 6) is -0.212. The minimum absolute atomic E-state index is 0.212. The molecule has 0 saturated carbocycles. The third kappa shape index (κ3) is 2.46. The first-order chi connectivity index (χ1) is 7.16. The molecule has 0 atom stereocenters. The van der Waals surface area contributed by atoms with Crippen LogP contribution in [-0.4, -0.2) is 9.78 Å². The lowest BCUT2D eigenvalue weighted by molar-refractivity contribution is 0.580. The fourth-order valence-electron chi connectivity index (χ4n) is 1.26. The summed E-state index contributed by atoms with van der Waals surface area (Å²) in [6.07, 6.45) is 0. The molecular weight excluding hydrogens is 327 g/mol. The van der Waals surface area contributed by atoms with Gasteiger partial charge in [0.15, 0.2) is 0 Å². The van der Waals surface area contributed by atoms with E-state index in [0.29, 0.717) is 12.1 Å². The van der Waals surface area contributed by atoms with Crippen LogP contribution in [0.1, 0.15) is 5.56 Å². The molecule has 1 aromatic heterocycles. The lowest BCUT2D eigenvalue weighted by Crippen LogP contribution is -2.03. The zero-order valence-electron chi connectivity index (χ0n) is 7.62. The van der Waals surface area contributed by atoms with Gasteiger partial charge in [0.05, 0.1) is 6.54 Å². The molecule has 2 rings (SSSR count). The lowest BCUT2D eigenvalue weighted by atomic mass is 10.2. The SMILES string of the molecule is Fc1ccccc1Cn1nc(Br)cc1Br. The van der Waals surface area contributed by atoms with E-state index in [-0.39, 0.29) is 5.82 Å². The van der Waals surface area contributed by atoms with Crippen LogP contribution < -0.4 is 0 Å². The first kappa shape index (κ1) is 10.8. The summed E-state index contributed by atoms with van der Waals surface area (Å²) in [4.78, 5) is 0. The Labute approximate surface area is 103 Å². The standard InChI is InChI=1S/C10H7Br2FN2/c11-9-5-10(12)15(14-9)6-7-3-1-2-4-8(7)13/h1-5H,6H2. The van der Waals surface area contributed by atoms with Crippen molar-refractivity contribution in [2.75, 3.05) is 0 Å². The first-order valence-electron chi connectivity index (χ1n) is 4.29. The van der Waals surface area contributed by atoms with E-state index in [2.05, 4.69) is 37.0 Å². The molecule has 0 fully saturated rings. The molecule has 15 heavy (non-hydrogen) atoms. The third-order valence-electron chi connectivity index (χ3n) is 1.98. The lowest BCUT2D eigenvalue weighted by Gasteiger charge is -2.04. The molecule has 0 aliphatic carbocycles. The van der Waals surface area contributed by atoms with Crippen molar-refractivity contribution in [1.82, 2.24) is 9.78 Å². The second-order valence-corrected chi connectivity index (χ2v) is 4.66. The molecule has 0 radical (unpaired) electrons. The summed E-state index contributed by atoms with van der Waals surface area (Å²) in [5.41, 5.74) is 0.619. The van der Waals surface area contributed by atoms with Gasteiger partial charge in [0.1, 0.15) is 15.0 Å². The van der Waals surface area contributed by atoms with E-state index in [1.165, 1.54) is 6.07 Å². The molecule has 2 aromatic rings. The van der Waals surface area contributed by atoms with Crippen molar-refractivity contribution < 1.29 is 4.39 Å². The Hall–Kier alpha value is -0.680. The van der Waals surface area contributed by atoms with Crippen LogP contribution in [0.5, 0.6) is 0 Å². The quantitative estimate of drug-likeness (QED) is 0.821. The van der Waals surface area contributed by atoms with Crippen molar-refractivity contribution >= 4 is 31.9 Å². The summed E-state index contributed by atoms with van der Waals surface area (Å²) in [5, 5.41) is 4.17. The number of hydrogen-bond acceptors (Lipinski definition) is 1. The Morgan fingerprint density at radius 2 is 2.00 bits per heavy atom. The summed E-state index contributed by atoms with van der Waals surface area (Å²) >= 11 is 6.61. The van der Waals surface area contributed by atoms with Crippen LogP contribution in [0.15, 0.2) is 39.5 Å². The van der Waals surface area contributed by atoms with E-state index in [1.54, 1.807) is 16.8 Å². The Balaban J connectivity index is 2.29. The monoisotopic (exact) mass is 332 g/mol. The minimum atomic E-state index is -0.212. The first-order valence-corrected chi connectivity index (χ1v) is 5.87. The van der Waals surface area contributed by atoms with Crippen LogP contribution in [0.25, 0.3) is 0 Å². The molecule has 1 aromatic carbocycles. The van der Waals surface area contributed by atoms with Crippen molar-refractivity contribution in [2.45, 2.75) is 6.54 Å². The van der Waals surface area contributed by atoms with Crippen molar-refractivity contribution in [3.63, 3.8) is 0 Å². The molecule has 1 heterocycles. The average molecular weight is 334 g/mol. The van der Waals surface area contributed by atoms with E-state index in [1.807, 2.05) is 12.1 Å². The van der Waals surface area contributed by atoms with Crippen LogP contribution in [0.3, 0.4) is 0 Å². The minimum Gasteiger partial charge on any atom is -0.253 e. The zero-order chi connectivity index (χ0) is 10.8. The molecule has 0 aliphatic heterocycles. The molecule has 78 valence electrons. The third-order valence-corrected chi connectivity index (χ3v) is 3.00. The van der Waals surface area contributed by atoms with E-state index >= 15 is 0 Å². The van der Waals surface area contributed by atoms with Gasteiger partial charge in [0.2, 0.25) is 0 Å². The maximum atomic E-state index is 13.3. The van der Waals surface area contributed by atoms with Gasteiger partial charge in [-0.2, -0.15) is 5.10 Å². The number of hydrogen-bond donors (Lipinski definition) is 0. The molecule has 0 unspecified atom stereocenters. The fourth-order valence-corrected chi connectivity index (χ4v) is 2.40. The number of nitrogens with zero attached hydrogens (tertiary/aromatic N) is 2. The maximum absolute atomic E-state index is 13.3. The number of rotatable bonds is 2. The summed E-state index contributed by atoms with van der Waals surface area (Å²) in [6, 6.07) is 8.50. The highest BCUT2D eigenvalue weighted by molar-refractivity contribution is 9.11. The summed E-state index contributed by atoms with van der Waals surface area (Å²) in [6.45, 7) is 0.416. The van der Waals surface area contributed by atoms with E-state index < -0.39 is 0 Å². The second kappa shape index (κ2) is 4.45. The van der Waals surface area contributed by atoms with Crippen LogP contribution in [-0.2, 0) is 6.54 Å². The van der Waals surface area contributed by atoms with Crippen molar-refractivity contribution in [3.05, 3.63) is 50.9 Å². The van der Waals surface area contributed by atoms with Crippen LogP contribution in [0.4, 0.5) is 4.39 Å². The van der Waals surface area contributed by atoms with Crippen molar-refractivity contribution in [3.8, 4) is 0 Å². The van der Waals surface area contributed by atoms with Gasteiger partial charge in [-0.05, 0) is 37.9 Å². The smallest absolute Gasteiger partial charge is 0.129 e. The van der Waals surface area contributed by atoms with E-state index in [0.717, 1.165) is 9.21 Å². The topological polar surface area (TPSA) is 17.8 Å². The van der Waals surface area contributed by atoms with E-state index in [4.69, 9.17) is 0 Å². The highest BCUT2D eigenvalue weighted by atomic mass is 79.9. The Bertz CT molecular complexity index is 482. The Morgan fingerprint density at radius 1 is 1.27 bits per heavy atom. The van der Waals surface area contributed by atoms with Crippen molar-refractivity contribution in [2.24, 2.45) is 0 Å².